The molecule has 0 aromatic rings. The maximum atomic E-state index is 10.6. The minimum Gasteiger partial charge on any atom is -0.465 e. The first kappa shape index (κ1) is 9.28. The van der Waals surface area contributed by atoms with Crippen LogP contribution in [0.1, 0.15) is 6.42 Å². The fourth-order valence-electron chi connectivity index (χ4n) is 1.36. The monoisotopic (exact) mass is 174 g/mol. The molecule has 5 heteroatoms. The van der Waals surface area contributed by atoms with Crippen molar-refractivity contribution in [2.45, 2.75) is 18.6 Å². The van der Waals surface area contributed by atoms with Gasteiger partial charge in [-0.2, -0.15) is 0 Å². The average molecular weight is 174 g/mol. The van der Waals surface area contributed by atoms with Crippen LogP contribution in [-0.4, -0.2) is 48.4 Å². The summed E-state index contributed by atoms with van der Waals surface area (Å²) < 4.78 is 5.05. The molecule has 0 radical (unpaired) electrons. The van der Waals surface area contributed by atoms with Crippen LogP contribution >= 0.6 is 0 Å². The van der Waals surface area contributed by atoms with Crippen molar-refractivity contribution < 1.29 is 14.6 Å². The summed E-state index contributed by atoms with van der Waals surface area (Å²) in [7, 11) is 1.55. The lowest BCUT2D eigenvalue weighted by atomic mass is 10.0. The maximum absolute atomic E-state index is 10.6. The zero-order valence-corrected chi connectivity index (χ0v) is 7.06. The fourth-order valence-corrected chi connectivity index (χ4v) is 1.36. The summed E-state index contributed by atoms with van der Waals surface area (Å²) in [5.41, 5.74) is 5.71. The van der Waals surface area contributed by atoms with Crippen molar-refractivity contribution in [3.63, 3.8) is 0 Å². The van der Waals surface area contributed by atoms with Crippen LogP contribution in [-0.2, 0) is 4.74 Å². The molecule has 1 rings (SSSR count). The number of amides is 1. The molecule has 1 aliphatic rings. The van der Waals surface area contributed by atoms with E-state index in [1.807, 2.05) is 0 Å². The molecule has 0 aromatic heterocycles. The van der Waals surface area contributed by atoms with Gasteiger partial charge in [-0.05, 0) is 6.42 Å². The van der Waals surface area contributed by atoms with Gasteiger partial charge in [-0.25, -0.2) is 4.79 Å². The number of hydrogen-bond donors (Lipinski definition) is 2. The zero-order chi connectivity index (χ0) is 9.14. The van der Waals surface area contributed by atoms with Crippen LogP contribution in [0.3, 0.4) is 0 Å². The molecule has 3 N–H and O–H groups in total. The molecule has 1 amide bonds. The van der Waals surface area contributed by atoms with Crippen LogP contribution in [0.15, 0.2) is 0 Å². The lowest BCUT2D eigenvalue weighted by Gasteiger charge is -2.34. The number of carbonyl (C=O) groups is 1. The van der Waals surface area contributed by atoms with Crippen LogP contribution < -0.4 is 5.73 Å². The summed E-state index contributed by atoms with van der Waals surface area (Å²) in [6.45, 7) is 0.892. The molecule has 2 atom stereocenters. The standard InChI is InChI=1S/C7H14N2O3/c1-12-6-4-9(7(10)11)3-2-5(6)8/h5-6H,2-4,8H2,1H3,(H,10,11). The molecular weight excluding hydrogens is 160 g/mol. The van der Waals surface area contributed by atoms with E-state index >= 15 is 0 Å². The number of ether oxygens (including phenoxy) is 1. The minimum atomic E-state index is -0.899. The number of nitrogens with two attached hydrogens (primary N) is 1. The van der Waals surface area contributed by atoms with E-state index in [0.29, 0.717) is 19.5 Å². The summed E-state index contributed by atoms with van der Waals surface area (Å²) in [5.74, 6) is 0. The van der Waals surface area contributed by atoms with Gasteiger partial charge in [0.25, 0.3) is 0 Å². The van der Waals surface area contributed by atoms with Crippen molar-refractivity contribution >= 4 is 6.09 Å². The number of piperidine rings is 1. The summed E-state index contributed by atoms with van der Waals surface area (Å²) in [4.78, 5) is 11.9. The quantitative estimate of drug-likeness (QED) is 0.573. The van der Waals surface area contributed by atoms with E-state index in [4.69, 9.17) is 15.6 Å². The van der Waals surface area contributed by atoms with Gasteiger partial charge in [0.05, 0.1) is 12.6 Å². The van der Waals surface area contributed by atoms with Crippen molar-refractivity contribution in [3.8, 4) is 0 Å². The Kier molecular flexibility index (Phi) is 2.88. The first-order chi connectivity index (χ1) is 5.65. The molecule has 70 valence electrons. The van der Waals surface area contributed by atoms with Crippen LogP contribution in [0.5, 0.6) is 0 Å². The summed E-state index contributed by atoms with van der Waals surface area (Å²) in [6.07, 6.45) is -0.385. The second-order valence-electron chi connectivity index (χ2n) is 2.96. The first-order valence-electron chi connectivity index (χ1n) is 3.91. The Balaban J connectivity index is 2.49. The van der Waals surface area contributed by atoms with Gasteiger partial charge in [0.2, 0.25) is 0 Å². The molecule has 0 spiro atoms. The number of hydrogen-bond acceptors (Lipinski definition) is 3. The summed E-state index contributed by atoms with van der Waals surface area (Å²) in [5, 5.41) is 8.67. The van der Waals surface area contributed by atoms with E-state index in [1.54, 1.807) is 7.11 Å². The lowest BCUT2D eigenvalue weighted by Crippen LogP contribution is -2.52. The average Bonchev–Trinajstić information content (AvgIpc) is 2.05. The van der Waals surface area contributed by atoms with Crippen LogP contribution in [0.4, 0.5) is 4.79 Å². The second kappa shape index (κ2) is 3.73. The zero-order valence-electron chi connectivity index (χ0n) is 7.06. The van der Waals surface area contributed by atoms with Gasteiger partial charge in [0.15, 0.2) is 0 Å². The smallest absolute Gasteiger partial charge is 0.407 e. The molecule has 5 nitrogen and oxygen atoms in total. The Hall–Kier alpha value is -0.810. The second-order valence-corrected chi connectivity index (χ2v) is 2.96. The minimum absolute atomic E-state index is 0.0365. The topological polar surface area (TPSA) is 75.8 Å². The third-order valence-electron chi connectivity index (χ3n) is 2.18. The predicted octanol–water partition coefficient (Wildman–Crippen LogP) is -0.288. The molecule has 0 bridgehead atoms. The van der Waals surface area contributed by atoms with E-state index in [0.717, 1.165) is 0 Å². The summed E-state index contributed by atoms with van der Waals surface area (Å²) in [6, 6.07) is -0.0365. The van der Waals surface area contributed by atoms with Gasteiger partial charge in [0, 0.05) is 19.7 Å². The van der Waals surface area contributed by atoms with Crippen LogP contribution in [0, 0.1) is 0 Å². The van der Waals surface area contributed by atoms with Crippen LogP contribution in [0.25, 0.3) is 0 Å². The molecule has 0 aliphatic carbocycles. The highest BCUT2D eigenvalue weighted by Gasteiger charge is 2.28. The normalized spacial score (nSPS) is 30.3. The number of nitrogens with zero attached hydrogens (tertiary/aromatic N) is 1. The molecule has 0 saturated carbocycles. The molecule has 1 fully saturated rings. The van der Waals surface area contributed by atoms with Crippen molar-refractivity contribution in [3.05, 3.63) is 0 Å². The van der Waals surface area contributed by atoms with E-state index in [2.05, 4.69) is 0 Å². The molecule has 2 unspecified atom stereocenters. The largest absolute Gasteiger partial charge is 0.465 e. The Morgan fingerprint density at radius 2 is 2.42 bits per heavy atom. The first-order valence-corrected chi connectivity index (χ1v) is 3.91. The number of rotatable bonds is 1. The van der Waals surface area contributed by atoms with E-state index in [9.17, 15) is 4.79 Å². The Morgan fingerprint density at radius 1 is 1.75 bits per heavy atom. The lowest BCUT2D eigenvalue weighted by molar-refractivity contribution is 0.0199. The van der Waals surface area contributed by atoms with Gasteiger partial charge < -0.3 is 20.5 Å². The number of methoxy groups -OCH3 is 1. The van der Waals surface area contributed by atoms with Gasteiger partial charge in [-0.15, -0.1) is 0 Å². The van der Waals surface area contributed by atoms with E-state index in [-0.39, 0.29) is 12.1 Å². The van der Waals surface area contributed by atoms with Gasteiger partial charge in [-0.1, -0.05) is 0 Å². The maximum Gasteiger partial charge on any atom is 0.407 e. The Morgan fingerprint density at radius 3 is 2.92 bits per heavy atom. The van der Waals surface area contributed by atoms with Crippen molar-refractivity contribution in [1.82, 2.24) is 4.90 Å². The van der Waals surface area contributed by atoms with Gasteiger partial charge in [-0.3, -0.25) is 0 Å². The highest BCUT2D eigenvalue weighted by Crippen LogP contribution is 2.11. The Labute approximate surface area is 71.1 Å². The molecule has 1 saturated heterocycles. The highest BCUT2D eigenvalue weighted by atomic mass is 16.5. The number of carboxylic acid groups (broad SMARTS) is 1. The fraction of sp³-hybridized carbons (Fsp3) is 0.857. The SMILES string of the molecule is COC1CN(C(=O)O)CCC1N. The van der Waals surface area contributed by atoms with E-state index in [1.165, 1.54) is 4.90 Å². The molecular formula is C7H14N2O3. The Bertz CT molecular complexity index is 174. The van der Waals surface area contributed by atoms with Gasteiger partial charge >= 0.3 is 6.09 Å². The third kappa shape index (κ3) is 1.86. The molecule has 0 aromatic carbocycles. The molecule has 1 aliphatic heterocycles. The highest BCUT2D eigenvalue weighted by molar-refractivity contribution is 5.65. The molecule has 1 heterocycles. The predicted molar refractivity (Wildman–Crippen MR) is 43.0 cm³/mol. The van der Waals surface area contributed by atoms with Crippen molar-refractivity contribution in [2.75, 3.05) is 20.2 Å². The van der Waals surface area contributed by atoms with Gasteiger partial charge in [0.1, 0.15) is 0 Å². The van der Waals surface area contributed by atoms with Crippen molar-refractivity contribution in [1.29, 1.82) is 0 Å². The summed E-state index contributed by atoms with van der Waals surface area (Å²) >= 11 is 0. The van der Waals surface area contributed by atoms with Crippen LogP contribution in [0.2, 0.25) is 0 Å². The third-order valence-corrected chi connectivity index (χ3v) is 2.18. The van der Waals surface area contributed by atoms with Crippen molar-refractivity contribution in [2.24, 2.45) is 5.73 Å². The number of likely N-dealkylation sites (tertiary alicyclic amines) is 1. The van der Waals surface area contributed by atoms with E-state index < -0.39 is 6.09 Å². The molecule has 12 heavy (non-hydrogen) atoms.